The fraction of sp³-hybridized carbons (Fsp3) is 0.400. The van der Waals surface area contributed by atoms with Gasteiger partial charge < -0.3 is 0 Å². The van der Waals surface area contributed by atoms with Crippen LogP contribution in [0.5, 0.6) is 0 Å². The van der Waals surface area contributed by atoms with Gasteiger partial charge in [0.2, 0.25) is 0 Å². The Kier molecular flexibility index (Phi) is 2.37. The van der Waals surface area contributed by atoms with Crippen molar-refractivity contribution in [2.24, 2.45) is 5.92 Å². The van der Waals surface area contributed by atoms with Crippen molar-refractivity contribution >= 4 is 22.1 Å². The summed E-state index contributed by atoms with van der Waals surface area (Å²) in [5, 5.41) is 2.00. The minimum absolute atomic E-state index is 0.0691. The number of thiazole rings is 1. The van der Waals surface area contributed by atoms with E-state index in [-0.39, 0.29) is 11.7 Å². The van der Waals surface area contributed by atoms with E-state index in [2.05, 4.69) is 4.98 Å². The second kappa shape index (κ2) is 3.53. The van der Waals surface area contributed by atoms with Crippen molar-refractivity contribution in [1.29, 1.82) is 0 Å². The van der Waals surface area contributed by atoms with Crippen LogP contribution in [0.1, 0.15) is 19.5 Å². The van der Waals surface area contributed by atoms with Crippen LogP contribution < -0.4 is 0 Å². The van der Waals surface area contributed by atoms with Gasteiger partial charge in [-0.1, -0.05) is 6.92 Å². The van der Waals surface area contributed by atoms with Crippen LogP contribution >= 0.6 is 11.3 Å². The lowest BCUT2D eigenvalue weighted by molar-refractivity contribution is -0.120. The number of ketones is 1. The quantitative estimate of drug-likeness (QED) is 0.774. The zero-order chi connectivity index (χ0) is 10.1. The van der Waals surface area contributed by atoms with E-state index in [1.165, 1.54) is 0 Å². The van der Waals surface area contributed by atoms with E-state index < -0.39 is 0 Å². The first-order valence-corrected chi connectivity index (χ1v) is 5.46. The molecule has 0 saturated heterocycles. The summed E-state index contributed by atoms with van der Waals surface area (Å²) in [6, 6.07) is 0. The minimum atomic E-state index is 0.0691. The van der Waals surface area contributed by atoms with Crippen molar-refractivity contribution in [2.75, 3.05) is 0 Å². The van der Waals surface area contributed by atoms with E-state index in [4.69, 9.17) is 0 Å². The SMILES string of the molecule is CC(=O)C(C)Cc1cn2ccsc2n1. The highest BCUT2D eigenvalue weighted by molar-refractivity contribution is 7.15. The predicted molar refractivity (Wildman–Crippen MR) is 56.6 cm³/mol. The molecule has 0 spiro atoms. The standard InChI is InChI=1S/C10H12N2OS/c1-7(8(2)13)5-9-6-12-3-4-14-10(12)11-9/h3-4,6-7H,5H2,1-2H3. The largest absolute Gasteiger partial charge is 0.300 e. The average molecular weight is 208 g/mol. The maximum absolute atomic E-state index is 11.1. The van der Waals surface area contributed by atoms with E-state index >= 15 is 0 Å². The molecule has 0 aliphatic rings. The third-order valence-electron chi connectivity index (χ3n) is 2.35. The number of imidazole rings is 1. The minimum Gasteiger partial charge on any atom is -0.300 e. The molecule has 2 rings (SSSR count). The molecule has 0 fully saturated rings. The van der Waals surface area contributed by atoms with Crippen molar-refractivity contribution in [2.45, 2.75) is 20.3 Å². The topological polar surface area (TPSA) is 34.4 Å². The van der Waals surface area contributed by atoms with E-state index in [1.807, 2.05) is 29.1 Å². The Hall–Kier alpha value is -1.16. The van der Waals surface area contributed by atoms with Crippen LogP contribution in [0.2, 0.25) is 0 Å². The molecule has 2 aromatic rings. The van der Waals surface area contributed by atoms with Crippen molar-refractivity contribution in [3.8, 4) is 0 Å². The van der Waals surface area contributed by atoms with Gasteiger partial charge in [-0.2, -0.15) is 0 Å². The van der Waals surface area contributed by atoms with E-state index in [9.17, 15) is 4.79 Å². The van der Waals surface area contributed by atoms with Crippen LogP contribution in [0, 0.1) is 5.92 Å². The number of carbonyl (C=O) groups excluding carboxylic acids is 1. The molecule has 0 aliphatic carbocycles. The molecule has 0 aromatic carbocycles. The molecule has 3 nitrogen and oxygen atoms in total. The number of rotatable bonds is 3. The van der Waals surface area contributed by atoms with Gasteiger partial charge in [0.05, 0.1) is 5.69 Å². The van der Waals surface area contributed by atoms with Crippen molar-refractivity contribution < 1.29 is 4.79 Å². The number of nitrogens with zero attached hydrogens (tertiary/aromatic N) is 2. The van der Waals surface area contributed by atoms with Gasteiger partial charge in [-0.25, -0.2) is 4.98 Å². The number of aromatic nitrogens is 2. The smallest absolute Gasteiger partial charge is 0.193 e. The predicted octanol–water partition coefficient (Wildman–Crippen LogP) is 2.16. The summed E-state index contributed by atoms with van der Waals surface area (Å²) in [4.78, 5) is 16.5. The summed E-state index contributed by atoms with van der Waals surface area (Å²) in [5.74, 6) is 0.293. The molecular weight excluding hydrogens is 196 g/mol. The van der Waals surface area contributed by atoms with Gasteiger partial charge in [-0.05, 0) is 6.92 Å². The summed E-state index contributed by atoms with van der Waals surface area (Å²) in [6.45, 7) is 3.57. The molecule has 0 aliphatic heterocycles. The molecule has 0 saturated carbocycles. The molecule has 1 unspecified atom stereocenters. The highest BCUT2D eigenvalue weighted by Gasteiger charge is 2.11. The number of carbonyl (C=O) groups is 1. The van der Waals surface area contributed by atoms with Gasteiger partial charge in [0.15, 0.2) is 4.96 Å². The molecule has 2 heterocycles. The Morgan fingerprint density at radius 2 is 2.50 bits per heavy atom. The Morgan fingerprint density at radius 3 is 3.14 bits per heavy atom. The van der Waals surface area contributed by atoms with Gasteiger partial charge in [0, 0.05) is 30.1 Å². The number of Topliss-reactive ketones (excluding diaryl/α,β-unsaturated/α-hetero) is 1. The first-order valence-electron chi connectivity index (χ1n) is 4.58. The van der Waals surface area contributed by atoms with Crippen LogP contribution in [0.25, 0.3) is 4.96 Å². The Morgan fingerprint density at radius 1 is 1.71 bits per heavy atom. The van der Waals surface area contributed by atoms with Crippen molar-refractivity contribution in [1.82, 2.24) is 9.38 Å². The fourth-order valence-corrected chi connectivity index (χ4v) is 2.05. The summed E-state index contributed by atoms with van der Waals surface area (Å²) >= 11 is 1.61. The molecule has 0 bridgehead atoms. The van der Waals surface area contributed by atoms with Gasteiger partial charge in [0.1, 0.15) is 5.78 Å². The third kappa shape index (κ3) is 1.70. The second-order valence-electron chi connectivity index (χ2n) is 3.54. The number of hydrogen-bond donors (Lipinski definition) is 0. The summed E-state index contributed by atoms with van der Waals surface area (Å²) in [6.07, 6.45) is 4.71. The fourth-order valence-electron chi connectivity index (χ4n) is 1.33. The Bertz CT molecular complexity index is 429. The average Bonchev–Trinajstić information content (AvgIpc) is 2.63. The zero-order valence-electron chi connectivity index (χ0n) is 8.23. The summed E-state index contributed by atoms with van der Waals surface area (Å²) in [5.41, 5.74) is 1.000. The molecule has 0 amide bonds. The van der Waals surface area contributed by atoms with Crippen molar-refractivity contribution in [3.63, 3.8) is 0 Å². The first-order chi connectivity index (χ1) is 6.66. The monoisotopic (exact) mass is 208 g/mol. The second-order valence-corrected chi connectivity index (χ2v) is 4.41. The van der Waals surface area contributed by atoms with Crippen LogP contribution in [-0.2, 0) is 11.2 Å². The van der Waals surface area contributed by atoms with E-state index in [0.29, 0.717) is 0 Å². The highest BCUT2D eigenvalue weighted by Crippen LogP contribution is 2.14. The summed E-state index contributed by atoms with van der Waals surface area (Å²) in [7, 11) is 0. The highest BCUT2D eigenvalue weighted by atomic mass is 32.1. The molecule has 1 atom stereocenters. The van der Waals surface area contributed by atoms with Gasteiger partial charge in [-0.3, -0.25) is 9.20 Å². The van der Waals surface area contributed by atoms with E-state index in [0.717, 1.165) is 17.1 Å². The Labute approximate surface area is 86.4 Å². The lowest BCUT2D eigenvalue weighted by Crippen LogP contribution is -2.09. The molecule has 0 radical (unpaired) electrons. The summed E-state index contributed by atoms with van der Waals surface area (Å²) < 4.78 is 1.99. The number of hydrogen-bond acceptors (Lipinski definition) is 3. The molecule has 74 valence electrons. The molecular formula is C10H12N2OS. The maximum Gasteiger partial charge on any atom is 0.193 e. The molecule has 0 N–H and O–H groups in total. The normalized spacial score (nSPS) is 13.3. The van der Waals surface area contributed by atoms with Gasteiger partial charge >= 0.3 is 0 Å². The lowest BCUT2D eigenvalue weighted by Gasteiger charge is -2.02. The number of fused-ring (bicyclic) bond motifs is 1. The van der Waals surface area contributed by atoms with Crippen LogP contribution in [0.3, 0.4) is 0 Å². The van der Waals surface area contributed by atoms with Crippen LogP contribution in [-0.4, -0.2) is 15.2 Å². The lowest BCUT2D eigenvalue weighted by atomic mass is 10.0. The van der Waals surface area contributed by atoms with Crippen molar-refractivity contribution in [3.05, 3.63) is 23.5 Å². The Balaban J connectivity index is 2.19. The molecule has 4 heteroatoms. The van der Waals surface area contributed by atoms with Gasteiger partial charge in [0.25, 0.3) is 0 Å². The molecule has 2 aromatic heterocycles. The van der Waals surface area contributed by atoms with Crippen LogP contribution in [0.4, 0.5) is 0 Å². The van der Waals surface area contributed by atoms with Gasteiger partial charge in [-0.15, -0.1) is 11.3 Å². The maximum atomic E-state index is 11.1. The van der Waals surface area contributed by atoms with Crippen LogP contribution in [0.15, 0.2) is 17.8 Å². The van der Waals surface area contributed by atoms with E-state index in [1.54, 1.807) is 18.3 Å². The zero-order valence-corrected chi connectivity index (χ0v) is 9.04. The molecule has 14 heavy (non-hydrogen) atoms. The third-order valence-corrected chi connectivity index (χ3v) is 3.12. The first kappa shape index (κ1) is 9.40.